The largest absolute Gasteiger partial charge is 0.309 e. The van der Waals surface area contributed by atoms with Crippen molar-refractivity contribution in [2.75, 3.05) is 0 Å². The van der Waals surface area contributed by atoms with Crippen LogP contribution < -0.4 is 20.7 Å². The van der Waals surface area contributed by atoms with Gasteiger partial charge in [0.15, 0.2) is 8.07 Å². The molecule has 0 unspecified atom stereocenters. The molecule has 0 saturated carbocycles. The molecule has 3 aromatic heterocycles. The fourth-order valence-corrected chi connectivity index (χ4v) is 17.0. The van der Waals surface area contributed by atoms with Crippen LogP contribution >= 0.6 is 0 Å². The molecule has 3 heterocycles. The van der Waals surface area contributed by atoms with Gasteiger partial charge in [0.1, 0.15) is 0 Å². The molecule has 0 atom stereocenters. The lowest BCUT2D eigenvalue weighted by atomic mass is 10.1. The monoisotopic (exact) mass is 907 g/mol. The van der Waals surface area contributed by atoms with Gasteiger partial charge < -0.3 is 13.7 Å². The van der Waals surface area contributed by atoms with Gasteiger partial charge in [-0.2, -0.15) is 0 Å². The van der Waals surface area contributed by atoms with Crippen LogP contribution in [0.2, 0.25) is 0 Å². The topological polar surface area (TPSA) is 14.8 Å². The zero-order valence-corrected chi connectivity index (χ0v) is 39.3. The van der Waals surface area contributed by atoms with Crippen molar-refractivity contribution in [1.29, 1.82) is 0 Å². The molecule has 0 aliphatic carbocycles. The van der Waals surface area contributed by atoms with E-state index in [9.17, 15) is 0 Å². The summed E-state index contributed by atoms with van der Waals surface area (Å²) in [7, 11) is -3.29. The molecule has 70 heavy (non-hydrogen) atoms. The summed E-state index contributed by atoms with van der Waals surface area (Å²) >= 11 is 0. The number of hydrogen-bond donors (Lipinski definition) is 0. The summed E-state index contributed by atoms with van der Waals surface area (Å²) in [4.78, 5) is 0. The zero-order valence-electron chi connectivity index (χ0n) is 38.3. The van der Waals surface area contributed by atoms with Crippen molar-refractivity contribution in [2.24, 2.45) is 0 Å². The standard InChI is InChI=1S/C66H45N3Si/c1-5-21-46(22-6-1)47-37-39-48(40-38-47)67-59-33-17-13-31-55(59)57-42-41-49(45-64(57)67)68-60-34-18-16-32-56(60)58-43-44-63(69-61-35-19-14-29-53(61)54-30-15-20-36-62(54)69)66(65(58)68)70(50-23-7-2-8-24-50,51-25-9-3-10-26-51)52-27-11-4-12-28-52/h1-45H. The fourth-order valence-electron chi connectivity index (χ4n) is 11.9. The van der Waals surface area contributed by atoms with E-state index in [-0.39, 0.29) is 0 Å². The number of nitrogens with zero attached hydrogens (tertiary/aromatic N) is 3. The second kappa shape index (κ2) is 16.1. The summed E-state index contributed by atoms with van der Waals surface area (Å²) in [6.07, 6.45) is 0. The van der Waals surface area contributed by atoms with Crippen molar-refractivity contribution in [2.45, 2.75) is 0 Å². The molecule has 11 aromatic carbocycles. The average Bonchev–Trinajstić information content (AvgIpc) is 4.08. The van der Waals surface area contributed by atoms with Gasteiger partial charge in [-0.15, -0.1) is 0 Å². The molecule has 0 saturated heterocycles. The molecule has 14 rings (SSSR count). The molecule has 14 aromatic rings. The minimum absolute atomic E-state index is 1.11. The van der Waals surface area contributed by atoms with E-state index < -0.39 is 8.07 Å². The molecule has 4 heteroatoms. The predicted octanol–water partition coefficient (Wildman–Crippen LogP) is 14.0. The summed E-state index contributed by atoms with van der Waals surface area (Å²) in [6, 6.07) is 102. The third-order valence-electron chi connectivity index (χ3n) is 14.8. The van der Waals surface area contributed by atoms with Crippen LogP contribution in [0.15, 0.2) is 273 Å². The summed E-state index contributed by atoms with van der Waals surface area (Å²) in [5, 5.41) is 12.7. The van der Waals surface area contributed by atoms with E-state index in [1.165, 1.54) is 97.5 Å². The Morgan fingerprint density at radius 2 is 0.614 bits per heavy atom. The molecule has 328 valence electrons. The van der Waals surface area contributed by atoms with Crippen molar-refractivity contribution < 1.29 is 0 Å². The molecule has 0 spiro atoms. The van der Waals surface area contributed by atoms with Crippen molar-refractivity contribution in [3.05, 3.63) is 273 Å². The Hall–Kier alpha value is -8.96. The van der Waals surface area contributed by atoms with E-state index in [0.29, 0.717) is 0 Å². The summed E-state index contributed by atoms with van der Waals surface area (Å²) in [6.45, 7) is 0. The SMILES string of the molecule is c1ccc(-c2ccc(-n3c4ccccc4c4ccc(-n5c6ccccc6c6ccc(-n7c8ccccc8c8ccccc87)c([Si](c7ccccc7)(c7ccccc7)c7ccccc7)c65)cc43)cc2)cc1. The van der Waals surface area contributed by atoms with Gasteiger partial charge in [-0.3, -0.25) is 0 Å². The van der Waals surface area contributed by atoms with Crippen molar-refractivity contribution in [3.63, 3.8) is 0 Å². The predicted molar refractivity (Wildman–Crippen MR) is 299 cm³/mol. The lowest BCUT2D eigenvalue weighted by molar-refractivity contribution is 1.15. The molecular formula is C66H45N3Si. The molecule has 0 amide bonds. The Kier molecular flexibility index (Phi) is 9.23. The van der Waals surface area contributed by atoms with E-state index >= 15 is 0 Å². The van der Waals surface area contributed by atoms with Crippen LogP contribution in [-0.4, -0.2) is 21.8 Å². The Balaban J connectivity index is 1.17. The first-order chi connectivity index (χ1) is 34.8. The van der Waals surface area contributed by atoms with Gasteiger partial charge in [0.25, 0.3) is 0 Å². The molecule has 0 aliphatic rings. The highest BCUT2D eigenvalue weighted by Crippen LogP contribution is 2.40. The van der Waals surface area contributed by atoms with Crippen LogP contribution in [0.4, 0.5) is 0 Å². The van der Waals surface area contributed by atoms with E-state index in [0.717, 1.165) is 16.9 Å². The van der Waals surface area contributed by atoms with Crippen LogP contribution in [0.5, 0.6) is 0 Å². The molecular weight excluding hydrogens is 863 g/mol. The fraction of sp³-hybridized carbons (Fsp3) is 0. The molecule has 0 aliphatic heterocycles. The second-order valence-corrected chi connectivity index (χ2v) is 22.1. The minimum atomic E-state index is -3.29. The zero-order chi connectivity index (χ0) is 46.2. The van der Waals surface area contributed by atoms with Gasteiger partial charge in [-0.1, -0.05) is 218 Å². The summed E-state index contributed by atoms with van der Waals surface area (Å²) in [5.41, 5.74) is 12.9. The summed E-state index contributed by atoms with van der Waals surface area (Å²) in [5.74, 6) is 0. The number of benzene rings is 11. The van der Waals surface area contributed by atoms with Gasteiger partial charge in [-0.05, 0) is 81.3 Å². The van der Waals surface area contributed by atoms with Crippen LogP contribution in [0.25, 0.3) is 93.6 Å². The van der Waals surface area contributed by atoms with Gasteiger partial charge >= 0.3 is 0 Å². The first kappa shape index (κ1) is 40.1. The lowest BCUT2D eigenvalue weighted by Crippen LogP contribution is -2.75. The van der Waals surface area contributed by atoms with Crippen molar-refractivity contribution >= 4 is 94.2 Å². The van der Waals surface area contributed by atoms with Crippen molar-refractivity contribution in [3.8, 4) is 28.2 Å². The number of rotatable bonds is 8. The molecule has 0 N–H and O–H groups in total. The highest BCUT2D eigenvalue weighted by molar-refractivity contribution is 7.21. The maximum Gasteiger partial charge on any atom is 0.184 e. The third-order valence-corrected chi connectivity index (χ3v) is 19.6. The normalized spacial score (nSPS) is 12.0. The van der Waals surface area contributed by atoms with E-state index in [2.05, 4.69) is 287 Å². The first-order valence-electron chi connectivity index (χ1n) is 24.2. The number of fused-ring (bicyclic) bond motifs is 9. The number of para-hydroxylation sites is 4. The summed E-state index contributed by atoms with van der Waals surface area (Å²) < 4.78 is 7.63. The second-order valence-electron chi connectivity index (χ2n) is 18.4. The van der Waals surface area contributed by atoms with E-state index in [4.69, 9.17) is 0 Å². The highest BCUT2D eigenvalue weighted by atomic mass is 28.3. The quantitative estimate of drug-likeness (QED) is 0.107. The lowest BCUT2D eigenvalue weighted by Gasteiger charge is -2.37. The number of hydrogen-bond acceptors (Lipinski definition) is 0. The Morgan fingerprint density at radius 3 is 1.13 bits per heavy atom. The Labute approximate surface area is 407 Å². The smallest absolute Gasteiger partial charge is 0.184 e. The van der Waals surface area contributed by atoms with Crippen LogP contribution in [0.1, 0.15) is 0 Å². The number of aromatic nitrogens is 3. The van der Waals surface area contributed by atoms with Gasteiger partial charge in [0.05, 0.1) is 33.1 Å². The Morgan fingerprint density at radius 1 is 0.243 bits per heavy atom. The van der Waals surface area contributed by atoms with Crippen LogP contribution in [-0.2, 0) is 0 Å². The average molecular weight is 908 g/mol. The van der Waals surface area contributed by atoms with Crippen LogP contribution in [0.3, 0.4) is 0 Å². The van der Waals surface area contributed by atoms with Crippen molar-refractivity contribution in [1.82, 2.24) is 13.7 Å². The molecule has 0 fully saturated rings. The van der Waals surface area contributed by atoms with Gasteiger partial charge in [0, 0.05) is 54.6 Å². The first-order valence-corrected chi connectivity index (χ1v) is 26.2. The maximum absolute atomic E-state index is 3.29. The highest BCUT2D eigenvalue weighted by Gasteiger charge is 2.46. The minimum Gasteiger partial charge on any atom is -0.309 e. The van der Waals surface area contributed by atoms with E-state index in [1.807, 2.05) is 0 Å². The van der Waals surface area contributed by atoms with E-state index in [1.54, 1.807) is 0 Å². The Bertz CT molecular complexity index is 4110. The third kappa shape index (κ3) is 5.94. The molecule has 3 nitrogen and oxygen atoms in total. The van der Waals surface area contributed by atoms with Gasteiger partial charge in [0.2, 0.25) is 0 Å². The maximum atomic E-state index is 2.61. The molecule has 0 bridgehead atoms. The van der Waals surface area contributed by atoms with Crippen LogP contribution in [0, 0.1) is 0 Å². The molecule has 0 radical (unpaired) electrons. The van der Waals surface area contributed by atoms with Gasteiger partial charge in [-0.25, -0.2) is 0 Å².